The number of piperidine rings is 2. The summed E-state index contributed by atoms with van der Waals surface area (Å²) in [5.41, 5.74) is 7.97. The molecule has 2 aromatic heterocycles. The summed E-state index contributed by atoms with van der Waals surface area (Å²) in [6.45, 7) is 4.83. The third kappa shape index (κ3) is 7.11. The highest BCUT2D eigenvalue weighted by atomic mass is 35.5. The van der Waals surface area contributed by atoms with Crippen LogP contribution in [0.15, 0.2) is 21.0 Å². The van der Waals surface area contributed by atoms with Crippen LogP contribution in [-0.2, 0) is 32.1 Å². The second-order valence-electron chi connectivity index (χ2n) is 16.0. The Hall–Kier alpha value is -4.64. The molecule has 6 heterocycles. The minimum absolute atomic E-state index is 0.195. The van der Waals surface area contributed by atoms with Crippen molar-refractivity contribution in [3.63, 3.8) is 0 Å². The standard InChI is InChI=1S/C40H44Cl2N8O8/c41-29-19-27(37-45-43-35(55-37)21-7-13-49(14-8-21)23-3-1-4-23)33-25(11-17-53-33)31(29)47-57-39(51)40(52)58-48-32-26-12-18-54-34(26)28(20-30(32)42)38-46-44-36(56-38)22-9-15-50(16-10-22)24-5-2-6-24/h19-24,47-48H,1-18H2. The first-order chi connectivity index (χ1) is 28.4. The Morgan fingerprint density at radius 1 is 0.621 bits per heavy atom. The van der Waals surface area contributed by atoms with Crippen molar-refractivity contribution in [3.8, 4) is 34.4 Å². The van der Waals surface area contributed by atoms with Gasteiger partial charge in [-0.2, -0.15) is 0 Å². The van der Waals surface area contributed by atoms with Crippen LogP contribution in [0.4, 0.5) is 11.4 Å². The van der Waals surface area contributed by atoms with E-state index in [2.05, 4.69) is 41.2 Å². The highest BCUT2D eigenvalue weighted by molar-refractivity contribution is 6.35. The van der Waals surface area contributed by atoms with Crippen molar-refractivity contribution < 1.29 is 37.6 Å². The predicted octanol–water partition coefficient (Wildman–Crippen LogP) is 6.87. The Kier molecular flexibility index (Phi) is 10.3. The molecule has 0 unspecified atom stereocenters. The molecular weight excluding hydrogens is 791 g/mol. The van der Waals surface area contributed by atoms with Crippen molar-refractivity contribution in [1.82, 2.24) is 30.2 Å². The molecular formula is C40H44Cl2N8O8. The van der Waals surface area contributed by atoms with Crippen molar-refractivity contribution >= 4 is 46.5 Å². The zero-order valence-corrected chi connectivity index (χ0v) is 33.4. The molecule has 2 aliphatic carbocycles. The summed E-state index contributed by atoms with van der Waals surface area (Å²) < 4.78 is 24.3. The SMILES string of the molecule is O=C(ONc1c(Cl)cc(-c2nnc(C3CCN(C4CCC4)CC3)o2)c2c1CCO2)C(=O)ONc1c(Cl)cc(-c2nnc(C3CCN(C4CCC4)CC3)o2)c2c1CCO2. The van der Waals surface area contributed by atoms with E-state index >= 15 is 0 Å². The third-order valence-corrected chi connectivity index (χ3v) is 13.4. The van der Waals surface area contributed by atoms with Crippen LogP contribution < -0.4 is 20.4 Å². The minimum atomic E-state index is -1.33. The molecule has 2 N–H and O–H groups in total. The first-order valence-electron chi connectivity index (χ1n) is 20.4. The molecule has 306 valence electrons. The number of halogens is 2. The van der Waals surface area contributed by atoms with Crippen LogP contribution in [0, 0.1) is 0 Å². The number of rotatable bonds is 10. The lowest BCUT2D eigenvalue weighted by atomic mass is 9.88. The number of hydrogen-bond acceptors (Lipinski definition) is 16. The van der Waals surface area contributed by atoms with Gasteiger partial charge in [-0.15, -0.1) is 20.4 Å². The van der Waals surface area contributed by atoms with Crippen LogP contribution in [-0.4, -0.2) is 93.6 Å². The van der Waals surface area contributed by atoms with Gasteiger partial charge in [0.2, 0.25) is 11.8 Å². The molecule has 4 aliphatic heterocycles. The number of benzene rings is 2. The number of fused-ring (bicyclic) bond motifs is 2. The van der Waals surface area contributed by atoms with Crippen LogP contribution in [0.3, 0.4) is 0 Å². The molecule has 6 aliphatic rings. The molecule has 16 nitrogen and oxygen atoms in total. The first-order valence-corrected chi connectivity index (χ1v) is 21.2. The molecule has 0 spiro atoms. The van der Waals surface area contributed by atoms with Gasteiger partial charge in [0.15, 0.2) is 0 Å². The van der Waals surface area contributed by atoms with Gasteiger partial charge in [-0.3, -0.25) is 0 Å². The van der Waals surface area contributed by atoms with E-state index in [1.54, 1.807) is 12.1 Å². The fraction of sp³-hybridized carbons (Fsp3) is 0.550. The Balaban J connectivity index is 0.765. The van der Waals surface area contributed by atoms with Gasteiger partial charge in [-0.25, -0.2) is 20.5 Å². The second kappa shape index (κ2) is 15.8. The number of carbonyl (C=O) groups is 2. The highest BCUT2D eigenvalue weighted by Crippen LogP contribution is 2.47. The lowest BCUT2D eigenvalue weighted by Crippen LogP contribution is -2.44. The maximum atomic E-state index is 12.8. The predicted molar refractivity (Wildman–Crippen MR) is 210 cm³/mol. The zero-order chi connectivity index (χ0) is 39.3. The van der Waals surface area contributed by atoms with Gasteiger partial charge < -0.3 is 37.8 Å². The Labute approximate surface area is 344 Å². The molecule has 2 aromatic carbocycles. The van der Waals surface area contributed by atoms with Crippen LogP contribution in [0.25, 0.3) is 22.9 Å². The molecule has 0 atom stereocenters. The van der Waals surface area contributed by atoms with Crippen molar-refractivity contribution in [2.24, 2.45) is 0 Å². The normalized spacial score (nSPS) is 20.4. The summed E-state index contributed by atoms with van der Waals surface area (Å²) in [4.78, 5) is 41.1. The number of carbonyl (C=O) groups excluding carboxylic acids is 2. The van der Waals surface area contributed by atoms with E-state index in [4.69, 9.17) is 51.2 Å². The Morgan fingerprint density at radius 3 is 1.41 bits per heavy atom. The molecule has 0 bridgehead atoms. The fourth-order valence-electron chi connectivity index (χ4n) is 9.05. The molecule has 4 fully saturated rings. The van der Waals surface area contributed by atoms with Gasteiger partial charge in [-0.05, 0) is 89.7 Å². The number of ether oxygens (including phenoxy) is 2. The van der Waals surface area contributed by atoms with Gasteiger partial charge >= 0.3 is 11.9 Å². The van der Waals surface area contributed by atoms with E-state index < -0.39 is 11.9 Å². The molecule has 18 heteroatoms. The summed E-state index contributed by atoms with van der Waals surface area (Å²) in [6.07, 6.45) is 12.6. The maximum absolute atomic E-state index is 12.8. The largest absolute Gasteiger partial charge is 0.492 e. The maximum Gasteiger partial charge on any atom is 0.443 e. The van der Waals surface area contributed by atoms with Crippen LogP contribution in [0.1, 0.15) is 99.0 Å². The van der Waals surface area contributed by atoms with Crippen molar-refractivity contribution in [2.75, 3.05) is 50.4 Å². The Bertz CT molecular complexity index is 2050. The molecule has 10 rings (SSSR count). The monoisotopic (exact) mass is 834 g/mol. The molecule has 0 amide bonds. The first kappa shape index (κ1) is 37.6. The highest BCUT2D eigenvalue weighted by Gasteiger charge is 2.35. The molecule has 2 saturated heterocycles. The fourth-order valence-corrected chi connectivity index (χ4v) is 9.57. The van der Waals surface area contributed by atoms with Gasteiger partial charge in [0.1, 0.15) is 11.5 Å². The number of anilines is 2. The number of hydrogen-bond donors (Lipinski definition) is 2. The van der Waals surface area contributed by atoms with E-state index in [9.17, 15) is 9.59 Å². The van der Waals surface area contributed by atoms with E-state index in [-0.39, 0.29) is 33.3 Å². The van der Waals surface area contributed by atoms with Crippen LogP contribution >= 0.6 is 23.2 Å². The topological polar surface area (TPSA) is 179 Å². The lowest BCUT2D eigenvalue weighted by molar-refractivity contribution is -0.164. The average molecular weight is 836 g/mol. The summed E-state index contributed by atoms with van der Waals surface area (Å²) in [5, 5.41) is 17.9. The zero-order valence-electron chi connectivity index (χ0n) is 31.9. The van der Waals surface area contributed by atoms with Gasteiger partial charge in [0.05, 0.1) is 45.8 Å². The quantitative estimate of drug-likeness (QED) is 0.125. The van der Waals surface area contributed by atoms with E-state index in [1.165, 1.54) is 38.5 Å². The smallest absolute Gasteiger partial charge is 0.443 e. The summed E-state index contributed by atoms with van der Waals surface area (Å²) in [6, 6.07) is 4.67. The van der Waals surface area contributed by atoms with E-state index in [0.717, 1.165) is 63.9 Å². The number of aromatic nitrogens is 4. The van der Waals surface area contributed by atoms with Crippen LogP contribution in [0.5, 0.6) is 11.5 Å². The van der Waals surface area contributed by atoms with Crippen molar-refractivity contribution in [2.45, 2.75) is 101 Å². The van der Waals surface area contributed by atoms with Crippen molar-refractivity contribution in [1.29, 1.82) is 0 Å². The van der Waals surface area contributed by atoms with E-state index in [1.807, 2.05) is 0 Å². The second-order valence-corrected chi connectivity index (χ2v) is 16.9. The molecule has 2 saturated carbocycles. The third-order valence-electron chi connectivity index (χ3n) is 12.8. The minimum Gasteiger partial charge on any atom is -0.492 e. The molecule has 58 heavy (non-hydrogen) atoms. The van der Waals surface area contributed by atoms with Gasteiger partial charge in [0.25, 0.3) is 11.8 Å². The van der Waals surface area contributed by atoms with Gasteiger partial charge in [-0.1, -0.05) is 36.0 Å². The lowest BCUT2D eigenvalue weighted by Gasteiger charge is -2.41. The summed E-state index contributed by atoms with van der Waals surface area (Å²) in [5.74, 6) is 0.511. The van der Waals surface area contributed by atoms with E-state index in [0.29, 0.717) is 83.4 Å². The summed E-state index contributed by atoms with van der Waals surface area (Å²) in [7, 11) is 0. The summed E-state index contributed by atoms with van der Waals surface area (Å²) >= 11 is 13.4. The Morgan fingerprint density at radius 2 is 1.03 bits per heavy atom. The van der Waals surface area contributed by atoms with Gasteiger partial charge in [0, 0.05) is 47.9 Å². The van der Waals surface area contributed by atoms with Crippen molar-refractivity contribution in [3.05, 3.63) is 45.1 Å². The number of nitrogens with zero attached hydrogens (tertiary/aromatic N) is 6. The molecule has 4 aromatic rings. The molecule has 0 radical (unpaired) electrons. The number of nitrogens with one attached hydrogen (secondary N) is 2. The van der Waals surface area contributed by atoms with Crippen LogP contribution in [0.2, 0.25) is 10.0 Å². The number of likely N-dealkylation sites (tertiary alicyclic amines) is 2. The average Bonchev–Trinajstić information content (AvgIpc) is 4.03.